The highest BCUT2D eigenvalue weighted by atomic mass is 16.5. The number of aryl methyl sites for hydroxylation is 2. The SMILES string of the molecule is CNCC(O)COc1cccc(-c2nc(NC3CCN(C(=O)OC)CC3)cc(-c3c(C)noc3C)n2)c1. The number of methoxy groups -OCH3 is 1. The van der Waals surface area contributed by atoms with Gasteiger partial charge in [0.25, 0.3) is 0 Å². The van der Waals surface area contributed by atoms with E-state index < -0.39 is 6.10 Å². The molecule has 3 heterocycles. The molecule has 1 aliphatic heterocycles. The molecule has 1 aromatic carbocycles. The molecule has 0 spiro atoms. The Bertz CT molecular complexity index is 1190. The minimum atomic E-state index is -0.617. The first-order valence-electron chi connectivity index (χ1n) is 12.4. The number of anilines is 1. The molecule has 1 unspecified atom stereocenters. The Morgan fingerprint density at radius 3 is 2.70 bits per heavy atom. The van der Waals surface area contributed by atoms with Crippen LogP contribution in [0.1, 0.15) is 24.3 Å². The minimum absolute atomic E-state index is 0.143. The van der Waals surface area contributed by atoms with Crippen LogP contribution in [0, 0.1) is 13.8 Å². The van der Waals surface area contributed by atoms with E-state index >= 15 is 0 Å². The predicted octanol–water partition coefficient (Wildman–Crippen LogP) is 3.02. The van der Waals surface area contributed by atoms with Crippen LogP contribution in [-0.4, -0.2) is 83.8 Å². The van der Waals surface area contributed by atoms with Gasteiger partial charge >= 0.3 is 6.09 Å². The fourth-order valence-electron chi connectivity index (χ4n) is 4.38. The standard InChI is InChI=1S/C26H34N6O5/c1-16-24(17(2)37-31-16)22-13-23(28-19-8-10-32(11-9-19)26(34)35-4)30-25(29-22)18-6-5-7-21(12-18)36-15-20(33)14-27-3/h5-7,12-13,19-20,27,33H,8-11,14-15H2,1-4H3,(H,28,29,30). The van der Waals surface area contributed by atoms with Crippen molar-refractivity contribution in [3.8, 4) is 28.4 Å². The van der Waals surface area contributed by atoms with Crippen LogP contribution >= 0.6 is 0 Å². The topological polar surface area (TPSA) is 135 Å². The maximum absolute atomic E-state index is 11.8. The zero-order valence-electron chi connectivity index (χ0n) is 21.7. The highest BCUT2D eigenvalue weighted by Crippen LogP contribution is 2.31. The molecule has 1 fully saturated rings. The van der Waals surface area contributed by atoms with Crippen LogP contribution in [0.2, 0.25) is 0 Å². The first-order chi connectivity index (χ1) is 17.9. The largest absolute Gasteiger partial charge is 0.491 e. The number of aliphatic hydroxyl groups excluding tert-OH is 1. The van der Waals surface area contributed by atoms with Crippen molar-refractivity contribution in [1.29, 1.82) is 0 Å². The van der Waals surface area contributed by atoms with Crippen LogP contribution in [0.4, 0.5) is 10.6 Å². The molecule has 3 aromatic rings. The summed E-state index contributed by atoms with van der Waals surface area (Å²) >= 11 is 0. The van der Waals surface area contributed by atoms with E-state index in [9.17, 15) is 9.90 Å². The molecule has 1 aliphatic rings. The smallest absolute Gasteiger partial charge is 0.409 e. The maximum atomic E-state index is 11.8. The molecular formula is C26H34N6O5. The number of aliphatic hydroxyl groups is 1. The number of piperidine rings is 1. The second-order valence-corrected chi connectivity index (χ2v) is 9.09. The van der Waals surface area contributed by atoms with Crippen molar-refractivity contribution in [2.75, 3.05) is 45.7 Å². The van der Waals surface area contributed by atoms with E-state index in [1.165, 1.54) is 7.11 Å². The third-order valence-corrected chi connectivity index (χ3v) is 6.27. The molecule has 1 saturated heterocycles. The second-order valence-electron chi connectivity index (χ2n) is 9.09. The summed E-state index contributed by atoms with van der Waals surface area (Å²) in [7, 11) is 3.18. The Labute approximate surface area is 216 Å². The molecule has 11 heteroatoms. The second kappa shape index (κ2) is 12.0. The Balaban J connectivity index is 1.60. The molecule has 0 saturated carbocycles. The Morgan fingerprint density at radius 2 is 2.03 bits per heavy atom. The van der Waals surface area contributed by atoms with E-state index in [4.69, 9.17) is 24.0 Å². The first-order valence-corrected chi connectivity index (χ1v) is 12.4. The number of hydrogen-bond acceptors (Lipinski definition) is 10. The Morgan fingerprint density at radius 1 is 1.24 bits per heavy atom. The number of benzene rings is 1. The van der Waals surface area contributed by atoms with Crippen molar-refractivity contribution in [3.63, 3.8) is 0 Å². The number of carbonyl (C=O) groups excluding carboxylic acids is 1. The normalized spacial score (nSPS) is 14.9. The molecule has 4 rings (SSSR count). The highest BCUT2D eigenvalue weighted by molar-refractivity contribution is 5.71. The van der Waals surface area contributed by atoms with Crippen molar-refractivity contribution in [3.05, 3.63) is 41.8 Å². The number of carbonyl (C=O) groups is 1. The van der Waals surface area contributed by atoms with Crippen molar-refractivity contribution in [2.24, 2.45) is 0 Å². The van der Waals surface area contributed by atoms with Gasteiger partial charge in [0.2, 0.25) is 0 Å². The summed E-state index contributed by atoms with van der Waals surface area (Å²) in [6.07, 6.45) is 0.624. The predicted molar refractivity (Wildman–Crippen MR) is 138 cm³/mol. The third kappa shape index (κ3) is 6.55. The van der Waals surface area contributed by atoms with Crippen LogP contribution in [0.5, 0.6) is 5.75 Å². The van der Waals surface area contributed by atoms with Crippen LogP contribution in [0.15, 0.2) is 34.9 Å². The van der Waals surface area contributed by atoms with Gasteiger partial charge < -0.3 is 34.6 Å². The molecule has 37 heavy (non-hydrogen) atoms. The number of nitrogens with one attached hydrogen (secondary N) is 2. The summed E-state index contributed by atoms with van der Waals surface area (Å²) < 4.78 is 16.0. The summed E-state index contributed by atoms with van der Waals surface area (Å²) in [5.74, 6) is 2.49. The lowest BCUT2D eigenvalue weighted by Crippen LogP contribution is -2.42. The molecule has 0 aliphatic carbocycles. The molecule has 198 valence electrons. The monoisotopic (exact) mass is 510 g/mol. The number of nitrogens with zero attached hydrogens (tertiary/aromatic N) is 4. The number of aromatic nitrogens is 3. The van der Waals surface area contributed by atoms with Gasteiger partial charge in [-0.2, -0.15) is 0 Å². The van der Waals surface area contributed by atoms with E-state index in [2.05, 4.69) is 15.8 Å². The van der Waals surface area contributed by atoms with Gasteiger partial charge in [0, 0.05) is 37.3 Å². The highest BCUT2D eigenvalue weighted by Gasteiger charge is 2.24. The molecule has 0 radical (unpaired) electrons. The van der Waals surface area contributed by atoms with E-state index in [0.717, 1.165) is 29.7 Å². The summed E-state index contributed by atoms with van der Waals surface area (Å²) in [5.41, 5.74) is 3.05. The average Bonchev–Trinajstić information content (AvgIpc) is 3.25. The van der Waals surface area contributed by atoms with Gasteiger partial charge in [-0.15, -0.1) is 0 Å². The van der Waals surface area contributed by atoms with Crippen LogP contribution in [0.25, 0.3) is 22.6 Å². The molecule has 3 N–H and O–H groups in total. The van der Waals surface area contributed by atoms with E-state index in [1.807, 2.05) is 44.2 Å². The molecule has 0 bridgehead atoms. The van der Waals surface area contributed by atoms with Crippen molar-refractivity contribution in [1.82, 2.24) is 25.3 Å². The lowest BCUT2D eigenvalue weighted by Gasteiger charge is -2.31. The maximum Gasteiger partial charge on any atom is 0.409 e. The molecular weight excluding hydrogens is 476 g/mol. The zero-order valence-corrected chi connectivity index (χ0v) is 21.7. The van der Waals surface area contributed by atoms with E-state index in [0.29, 0.717) is 48.5 Å². The Kier molecular flexibility index (Phi) is 8.57. The van der Waals surface area contributed by atoms with E-state index in [-0.39, 0.29) is 18.7 Å². The van der Waals surface area contributed by atoms with Crippen LogP contribution in [0.3, 0.4) is 0 Å². The lowest BCUT2D eigenvalue weighted by atomic mass is 10.1. The Hall–Kier alpha value is -3.70. The number of rotatable bonds is 9. The molecule has 1 amide bonds. The fraction of sp³-hybridized carbons (Fsp3) is 0.462. The minimum Gasteiger partial charge on any atom is -0.491 e. The number of ether oxygens (including phenoxy) is 2. The van der Waals surface area contributed by atoms with Gasteiger partial charge in [-0.25, -0.2) is 14.8 Å². The van der Waals surface area contributed by atoms with Gasteiger partial charge in [-0.3, -0.25) is 0 Å². The van der Waals surface area contributed by atoms with Crippen LogP contribution in [-0.2, 0) is 4.74 Å². The quantitative estimate of drug-likeness (QED) is 0.394. The summed E-state index contributed by atoms with van der Waals surface area (Å²) in [5, 5.41) is 20.5. The summed E-state index contributed by atoms with van der Waals surface area (Å²) in [4.78, 5) is 23.2. The number of hydrogen-bond donors (Lipinski definition) is 3. The number of likely N-dealkylation sites (N-methyl/N-ethyl adjacent to an activating group) is 1. The van der Waals surface area contributed by atoms with Gasteiger partial charge in [-0.05, 0) is 45.9 Å². The summed E-state index contributed by atoms with van der Waals surface area (Å²) in [6, 6.07) is 9.53. The first kappa shape index (κ1) is 26.4. The number of amides is 1. The summed E-state index contributed by atoms with van der Waals surface area (Å²) in [6.45, 7) is 5.57. The van der Waals surface area contributed by atoms with E-state index in [1.54, 1.807) is 11.9 Å². The fourth-order valence-corrected chi connectivity index (χ4v) is 4.38. The third-order valence-electron chi connectivity index (χ3n) is 6.27. The van der Waals surface area contributed by atoms with Gasteiger partial charge in [0.1, 0.15) is 30.0 Å². The lowest BCUT2D eigenvalue weighted by molar-refractivity contribution is 0.108. The van der Waals surface area contributed by atoms with Crippen molar-refractivity contribution < 1.29 is 23.9 Å². The van der Waals surface area contributed by atoms with Gasteiger partial charge in [0.05, 0.1) is 24.1 Å². The average molecular weight is 511 g/mol. The number of likely N-dealkylation sites (tertiary alicyclic amines) is 1. The molecule has 1 atom stereocenters. The molecule has 11 nitrogen and oxygen atoms in total. The molecule has 2 aromatic heterocycles. The van der Waals surface area contributed by atoms with Crippen molar-refractivity contribution in [2.45, 2.75) is 38.8 Å². The van der Waals surface area contributed by atoms with Crippen molar-refractivity contribution >= 4 is 11.9 Å². The van der Waals surface area contributed by atoms with Crippen LogP contribution < -0.4 is 15.4 Å². The van der Waals surface area contributed by atoms with Gasteiger partial charge in [-0.1, -0.05) is 17.3 Å². The zero-order chi connectivity index (χ0) is 26.4. The van der Waals surface area contributed by atoms with Gasteiger partial charge in [0.15, 0.2) is 5.82 Å².